The highest BCUT2D eigenvalue weighted by atomic mass is 79.9. The van der Waals surface area contributed by atoms with Gasteiger partial charge in [-0.2, -0.15) is 13.2 Å². The third-order valence-electron chi connectivity index (χ3n) is 3.19. The molecule has 0 radical (unpaired) electrons. The first-order valence-corrected chi connectivity index (χ1v) is 9.53. The van der Waals surface area contributed by atoms with Crippen LogP contribution in [0.3, 0.4) is 0 Å². The minimum absolute atomic E-state index is 0.125. The molecule has 2 aromatic rings. The van der Waals surface area contributed by atoms with Gasteiger partial charge >= 0.3 is 6.18 Å². The number of sulfonamides is 1. The van der Waals surface area contributed by atoms with E-state index in [0.717, 1.165) is 22.2 Å². The minimum Gasteiger partial charge on any atom is -0.326 e. The van der Waals surface area contributed by atoms with E-state index in [-0.39, 0.29) is 17.2 Å². The van der Waals surface area contributed by atoms with E-state index in [4.69, 9.17) is 0 Å². The molecule has 1 amide bonds. The van der Waals surface area contributed by atoms with Crippen LogP contribution in [-0.2, 0) is 21.2 Å². The number of hydrogen-bond acceptors (Lipinski definition) is 3. The van der Waals surface area contributed by atoms with E-state index in [1.807, 2.05) is 0 Å². The number of rotatable bonds is 6. The Morgan fingerprint density at radius 1 is 1.00 bits per heavy atom. The van der Waals surface area contributed by atoms with Crippen molar-refractivity contribution < 1.29 is 26.4 Å². The summed E-state index contributed by atoms with van der Waals surface area (Å²) >= 11 is 3.29. The molecule has 0 saturated heterocycles. The van der Waals surface area contributed by atoms with Crippen LogP contribution in [0.2, 0.25) is 0 Å². The molecule has 2 N–H and O–H groups in total. The molecule has 0 heterocycles. The first kappa shape index (κ1) is 20.4. The van der Waals surface area contributed by atoms with E-state index in [1.54, 1.807) is 24.3 Å². The summed E-state index contributed by atoms with van der Waals surface area (Å²) in [5, 5.41) is 2.59. The molecule has 0 aliphatic rings. The Hall–Kier alpha value is -1.91. The Morgan fingerprint density at radius 2 is 1.58 bits per heavy atom. The molecule has 0 aliphatic carbocycles. The Labute approximate surface area is 156 Å². The summed E-state index contributed by atoms with van der Waals surface area (Å²) in [6.45, 7) is -1.65. The van der Waals surface area contributed by atoms with E-state index in [0.29, 0.717) is 5.69 Å². The summed E-state index contributed by atoms with van der Waals surface area (Å²) < 4.78 is 62.3. The van der Waals surface area contributed by atoms with Crippen LogP contribution in [-0.4, -0.2) is 27.0 Å². The zero-order valence-corrected chi connectivity index (χ0v) is 15.6. The molecule has 0 unspecified atom stereocenters. The number of carbonyl (C=O) groups excluding carboxylic acids is 1. The maximum atomic E-state index is 12.1. The van der Waals surface area contributed by atoms with Crippen LogP contribution >= 0.6 is 15.9 Å². The van der Waals surface area contributed by atoms with Crippen molar-refractivity contribution in [3.05, 3.63) is 58.6 Å². The molecule has 0 aromatic heterocycles. The summed E-state index contributed by atoms with van der Waals surface area (Å²) in [5.41, 5.74) is 1.13. The lowest BCUT2D eigenvalue weighted by Crippen LogP contribution is -2.33. The number of carbonyl (C=O) groups is 1. The van der Waals surface area contributed by atoms with Crippen LogP contribution in [0, 0.1) is 0 Å². The standard InChI is InChI=1S/C16H14BrF3N2O3S/c17-12-3-1-11(2-4-12)9-15(23)22-13-5-7-14(8-6-13)26(24,25)21-10-16(18,19)20/h1-8,21H,9-10H2,(H,22,23). The fourth-order valence-electron chi connectivity index (χ4n) is 1.97. The Bertz CT molecular complexity index is 867. The van der Waals surface area contributed by atoms with Gasteiger partial charge in [0.05, 0.1) is 11.3 Å². The van der Waals surface area contributed by atoms with Gasteiger partial charge in [-0.05, 0) is 42.0 Å². The quantitative estimate of drug-likeness (QED) is 0.707. The van der Waals surface area contributed by atoms with Crippen molar-refractivity contribution >= 4 is 37.5 Å². The highest BCUT2D eigenvalue weighted by Gasteiger charge is 2.30. The Kier molecular flexibility index (Phi) is 6.43. The van der Waals surface area contributed by atoms with Gasteiger partial charge in [-0.25, -0.2) is 13.1 Å². The Balaban J connectivity index is 1.98. The van der Waals surface area contributed by atoms with Crippen molar-refractivity contribution in [2.24, 2.45) is 0 Å². The highest BCUT2D eigenvalue weighted by Crippen LogP contribution is 2.17. The summed E-state index contributed by atoms with van der Waals surface area (Å²) in [7, 11) is -4.28. The van der Waals surface area contributed by atoms with Crippen LogP contribution in [0.4, 0.5) is 18.9 Å². The van der Waals surface area contributed by atoms with Crippen LogP contribution in [0.15, 0.2) is 57.9 Å². The molecular formula is C16H14BrF3N2O3S. The second-order valence-corrected chi connectivity index (χ2v) is 8.00. The molecule has 26 heavy (non-hydrogen) atoms. The number of halogens is 4. The third-order valence-corrected chi connectivity index (χ3v) is 5.13. The predicted octanol–water partition coefficient (Wildman–Crippen LogP) is 3.47. The Morgan fingerprint density at radius 3 is 2.12 bits per heavy atom. The average molecular weight is 451 g/mol. The minimum atomic E-state index is -4.64. The summed E-state index contributed by atoms with van der Waals surface area (Å²) in [6.07, 6.45) is -4.52. The lowest BCUT2D eigenvalue weighted by atomic mass is 10.1. The van der Waals surface area contributed by atoms with Crippen LogP contribution in [0.5, 0.6) is 0 Å². The number of hydrogen-bond donors (Lipinski definition) is 2. The van der Waals surface area contributed by atoms with Crippen molar-refractivity contribution in [2.45, 2.75) is 17.5 Å². The summed E-state index contributed by atoms with van der Waals surface area (Å²) in [5.74, 6) is -0.307. The number of amides is 1. The fraction of sp³-hybridized carbons (Fsp3) is 0.188. The van der Waals surface area contributed by atoms with E-state index >= 15 is 0 Å². The predicted molar refractivity (Wildman–Crippen MR) is 94.2 cm³/mol. The lowest BCUT2D eigenvalue weighted by molar-refractivity contribution is -0.121. The topological polar surface area (TPSA) is 75.3 Å². The molecule has 2 aromatic carbocycles. The van der Waals surface area contributed by atoms with Gasteiger partial charge in [-0.15, -0.1) is 0 Å². The molecule has 0 fully saturated rings. The van der Waals surface area contributed by atoms with Crippen molar-refractivity contribution in [1.82, 2.24) is 4.72 Å². The molecule has 2 rings (SSSR count). The molecule has 5 nitrogen and oxygen atoms in total. The molecule has 10 heteroatoms. The first-order chi connectivity index (χ1) is 12.0. The van der Waals surface area contributed by atoms with Gasteiger partial charge in [0.15, 0.2) is 0 Å². The largest absolute Gasteiger partial charge is 0.402 e. The van der Waals surface area contributed by atoms with E-state index in [1.165, 1.54) is 16.9 Å². The van der Waals surface area contributed by atoms with Gasteiger partial charge in [-0.3, -0.25) is 4.79 Å². The van der Waals surface area contributed by atoms with Crippen molar-refractivity contribution in [3.8, 4) is 0 Å². The van der Waals surface area contributed by atoms with Gasteiger partial charge < -0.3 is 5.32 Å². The lowest BCUT2D eigenvalue weighted by Gasteiger charge is -2.10. The summed E-state index contributed by atoms with van der Waals surface area (Å²) in [4.78, 5) is 11.7. The molecule has 0 saturated carbocycles. The number of alkyl halides is 3. The van der Waals surface area contributed by atoms with Gasteiger partial charge in [0.25, 0.3) is 0 Å². The second kappa shape index (κ2) is 8.19. The summed E-state index contributed by atoms with van der Waals surface area (Å²) in [6, 6.07) is 12.0. The van der Waals surface area contributed by atoms with Gasteiger partial charge in [0, 0.05) is 10.2 Å². The maximum absolute atomic E-state index is 12.1. The van der Waals surface area contributed by atoms with Crippen molar-refractivity contribution in [1.29, 1.82) is 0 Å². The van der Waals surface area contributed by atoms with Crippen molar-refractivity contribution in [3.63, 3.8) is 0 Å². The van der Waals surface area contributed by atoms with Gasteiger partial charge in [-0.1, -0.05) is 28.1 Å². The molecular weight excluding hydrogens is 437 g/mol. The zero-order valence-electron chi connectivity index (χ0n) is 13.2. The smallest absolute Gasteiger partial charge is 0.326 e. The number of anilines is 1. The SMILES string of the molecule is O=C(Cc1ccc(Br)cc1)Nc1ccc(S(=O)(=O)NCC(F)(F)F)cc1. The normalized spacial score (nSPS) is 12.0. The van der Waals surface area contributed by atoms with Gasteiger partial charge in [0.1, 0.15) is 6.54 Å². The molecule has 0 atom stereocenters. The third kappa shape index (κ3) is 6.43. The molecule has 0 spiro atoms. The van der Waals surface area contributed by atoms with Crippen LogP contribution in [0.1, 0.15) is 5.56 Å². The van der Waals surface area contributed by atoms with E-state index in [9.17, 15) is 26.4 Å². The van der Waals surface area contributed by atoms with E-state index in [2.05, 4.69) is 21.2 Å². The first-order valence-electron chi connectivity index (χ1n) is 7.26. The molecule has 0 aliphatic heterocycles. The molecule has 0 bridgehead atoms. The molecule has 140 valence electrons. The monoisotopic (exact) mass is 450 g/mol. The maximum Gasteiger partial charge on any atom is 0.402 e. The van der Waals surface area contributed by atoms with Gasteiger partial charge in [0.2, 0.25) is 15.9 Å². The second-order valence-electron chi connectivity index (χ2n) is 5.32. The van der Waals surface area contributed by atoms with Crippen molar-refractivity contribution in [2.75, 3.05) is 11.9 Å². The average Bonchev–Trinajstić information content (AvgIpc) is 2.55. The number of nitrogens with one attached hydrogen (secondary N) is 2. The van der Waals surface area contributed by atoms with Crippen LogP contribution in [0.25, 0.3) is 0 Å². The van der Waals surface area contributed by atoms with E-state index < -0.39 is 22.7 Å². The highest BCUT2D eigenvalue weighted by molar-refractivity contribution is 9.10. The fourth-order valence-corrected chi connectivity index (χ4v) is 3.25. The number of benzene rings is 2. The van der Waals surface area contributed by atoms with Crippen LogP contribution < -0.4 is 10.0 Å². The zero-order chi connectivity index (χ0) is 19.4.